The van der Waals surface area contributed by atoms with Gasteiger partial charge in [-0.25, -0.2) is 4.98 Å². The number of aromatic nitrogens is 1. The van der Waals surface area contributed by atoms with Crippen LogP contribution in [0.4, 0.5) is 5.82 Å². The van der Waals surface area contributed by atoms with Crippen molar-refractivity contribution in [2.75, 3.05) is 11.9 Å². The molecule has 0 bridgehead atoms. The second-order valence-corrected chi connectivity index (χ2v) is 4.02. The average Bonchev–Trinajstić information content (AvgIpc) is 2.18. The van der Waals surface area contributed by atoms with Crippen molar-refractivity contribution < 1.29 is 0 Å². The van der Waals surface area contributed by atoms with Crippen LogP contribution < -0.4 is 10.6 Å². The van der Waals surface area contributed by atoms with Crippen LogP contribution in [0.1, 0.15) is 32.3 Å². The molecule has 0 spiro atoms. The Balaban J connectivity index is 2.60. The van der Waals surface area contributed by atoms with E-state index >= 15 is 0 Å². The van der Waals surface area contributed by atoms with Gasteiger partial charge in [0.15, 0.2) is 5.11 Å². The highest BCUT2D eigenvalue weighted by atomic mass is 32.1. The van der Waals surface area contributed by atoms with Crippen LogP contribution in [0.2, 0.25) is 0 Å². The van der Waals surface area contributed by atoms with Crippen LogP contribution in [0.15, 0.2) is 18.3 Å². The third-order valence-electron chi connectivity index (χ3n) is 2.03. The Bertz CT molecular complexity index is 319. The summed E-state index contributed by atoms with van der Waals surface area (Å²) in [6.07, 6.45) is 1.88. The zero-order valence-electron chi connectivity index (χ0n) is 9.37. The van der Waals surface area contributed by atoms with Gasteiger partial charge in [-0.15, -0.1) is 0 Å². The molecule has 2 N–H and O–H groups in total. The summed E-state index contributed by atoms with van der Waals surface area (Å²) < 4.78 is 0. The van der Waals surface area contributed by atoms with Gasteiger partial charge in [0, 0.05) is 12.7 Å². The number of nitrogens with zero attached hydrogens (tertiary/aromatic N) is 1. The van der Waals surface area contributed by atoms with Crippen LogP contribution >= 0.6 is 12.2 Å². The summed E-state index contributed by atoms with van der Waals surface area (Å²) in [4.78, 5) is 4.28. The predicted octanol–water partition coefficient (Wildman–Crippen LogP) is 2.51. The summed E-state index contributed by atoms with van der Waals surface area (Å²) in [6, 6.07) is 4.01. The molecular weight excluding hydrogens is 206 g/mol. The van der Waals surface area contributed by atoms with Crippen molar-refractivity contribution in [3.63, 3.8) is 0 Å². The van der Waals surface area contributed by atoms with E-state index in [9.17, 15) is 0 Å². The maximum Gasteiger partial charge on any atom is 0.171 e. The van der Waals surface area contributed by atoms with E-state index in [4.69, 9.17) is 12.2 Å². The zero-order valence-corrected chi connectivity index (χ0v) is 10.2. The molecule has 0 saturated carbocycles. The molecule has 0 fully saturated rings. The maximum absolute atomic E-state index is 5.06. The second-order valence-electron chi connectivity index (χ2n) is 3.62. The summed E-state index contributed by atoms with van der Waals surface area (Å²) in [5.41, 5.74) is 1.23. The van der Waals surface area contributed by atoms with Crippen molar-refractivity contribution >= 4 is 23.1 Å². The van der Waals surface area contributed by atoms with Gasteiger partial charge in [-0.1, -0.05) is 19.9 Å². The van der Waals surface area contributed by atoms with Crippen molar-refractivity contribution in [2.45, 2.75) is 26.7 Å². The molecule has 0 atom stereocenters. The summed E-state index contributed by atoms with van der Waals surface area (Å²) in [6.45, 7) is 7.11. The lowest BCUT2D eigenvalue weighted by molar-refractivity contribution is 0.859. The highest BCUT2D eigenvalue weighted by Gasteiger charge is 2.00. The van der Waals surface area contributed by atoms with E-state index in [1.165, 1.54) is 5.56 Å². The van der Waals surface area contributed by atoms with E-state index in [0.29, 0.717) is 11.0 Å². The number of anilines is 1. The molecule has 4 heteroatoms. The van der Waals surface area contributed by atoms with E-state index in [0.717, 1.165) is 12.4 Å². The first-order valence-corrected chi connectivity index (χ1v) is 5.55. The molecule has 0 aliphatic rings. The second kappa shape index (κ2) is 5.66. The topological polar surface area (TPSA) is 37.0 Å². The number of hydrogen-bond donors (Lipinski definition) is 2. The standard InChI is InChI=1S/C11H17N3S/c1-4-12-11(15)14-10-6-5-9(7-13-10)8(2)3/h5-8H,4H2,1-3H3,(H2,12,13,14,15). The van der Waals surface area contributed by atoms with Crippen molar-refractivity contribution in [3.05, 3.63) is 23.9 Å². The van der Waals surface area contributed by atoms with E-state index in [-0.39, 0.29) is 0 Å². The van der Waals surface area contributed by atoms with Gasteiger partial charge >= 0.3 is 0 Å². The quantitative estimate of drug-likeness (QED) is 0.772. The van der Waals surface area contributed by atoms with Crippen LogP contribution in [0.5, 0.6) is 0 Å². The SMILES string of the molecule is CCNC(=S)Nc1ccc(C(C)C)cn1. The van der Waals surface area contributed by atoms with Crippen molar-refractivity contribution in [1.29, 1.82) is 0 Å². The van der Waals surface area contributed by atoms with Gasteiger partial charge in [0.2, 0.25) is 0 Å². The van der Waals surface area contributed by atoms with Gasteiger partial charge in [-0.2, -0.15) is 0 Å². The Morgan fingerprint density at radius 2 is 2.20 bits per heavy atom. The molecule has 1 aromatic rings. The molecular formula is C11H17N3S. The van der Waals surface area contributed by atoms with Gasteiger partial charge < -0.3 is 10.6 Å². The minimum atomic E-state index is 0.507. The smallest absolute Gasteiger partial charge is 0.171 e. The Morgan fingerprint density at radius 1 is 1.47 bits per heavy atom. The molecule has 1 rings (SSSR count). The first-order valence-electron chi connectivity index (χ1n) is 5.14. The van der Waals surface area contributed by atoms with Crippen molar-refractivity contribution in [1.82, 2.24) is 10.3 Å². The molecule has 0 saturated heterocycles. The summed E-state index contributed by atoms with van der Waals surface area (Å²) in [7, 11) is 0. The lowest BCUT2D eigenvalue weighted by Gasteiger charge is -2.09. The van der Waals surface area contributed by atoms with E-state index in [1.54, 1.807) is 0 Å². The molecule has 3 nitrogen and oxygen atoms in total. The Hall–Kier alpha value is -1.16. The normalized spacial score (nSPS) is 10.1. The van der Waals surface area contributed by atoms with Gasteiger partial charge in [0.05, 0.1) is 0 Å². The van der Waals surface area contributed by atoms with Gasteiger partial charge in [-0.3, -0.25) is 0 Å². The molecule has 1 heterocycles. The molecule has 82 valence electrons. The zero-order chi connectivity index (χ0) is 11.3. The largest absolute Gasteiger partial charge is 0.363 e. The molecule has 0 amide bonds. The number of nitrogens with one attached hydrogen (secondary N) is 2. The average molecular weight is 223 g/mol. The molecule has 0 radical (unpaired) electrons. The van der Waals surface area contributed by atoms with Gasteiger partial charge in [0.25, 0.3) is 0 Å². The molecule has 15 heavy (non-hydrogen) atoms. The predicted molar refractivity (Wildman–Crippen MR) is 68.2 cm³/mol. The van der Waals surface area contributed by atoms with E-state index in [1.807, 2.05) is 19.2 Å². The molecule has 0 aliphatic heterocycles. The fraction of sp³-hybridized carbons (Fsp3) is 0.455. The van der Waals surface area contributed by atoms with Crippen LogP contribution in [-0.2, 0) is 0 Å². The van der Waals surface area contributed by atoms with Crippen molar-refractivity contribution in [2.24, 2.45) is 0 Å². The number of hydrogen-bond acceptors (Lipinski definition) is 2. The van der Waals surface area contributed by atoms with Gasteiger partial charge in [-0.05, 0) is 36.7 Å². The maximum atomic E-state index is 5.06. The van der Waals surface area contributed by atoms with E-state index in [2.05, 4.69) is 35.5 Å². The fourth-order valence-corrected chi connectivity index (χ4v) is 1.39. The molecule has 0 aromatic carbocycles. The first-order chi connectivity index (χ1) is 7.13. The third-order valence-corrected chi connectivity index (χ3v) is 2.28. The summed E-state index contributed by atoms with van der Waals surface area (Å²) in [5, 5.41) is 6.64. The molecule has 0 unspecified atom stereocenters. The first kappa shape index (κ1) is 11.9. The Labute approximate surface area is 96.3 Å². The Morgan fingerprint density at radius 3 is 2.67 bits per heavy atom. The summed E-state index contributed by atoms with van der Waals surface area (Å²) in [5.74, 6) is 1.29. The number of thiocarbonyl (C=S) groups is 1. The molecule has 0 aliphatic carbocycles. The minimum absolute atomic E-state index is 0.507. The van der Waals surface area contributed by atoms with Gasteiger partial charge in [0.1, 0.15) is 5.82 Å². The lowest BCUT2D eigenvalue weighted by Crippen LogP contribution is -2.28. The van der Waals surface area contributed by atoms with Crippen LogP contribution in [0.3, 0.4) is 0 Å². The highest BCUT2D eigenvalue weighted by Crippen LogP contribution is 2.14. The van der Waals surface area contributed by atoms with Crippen LogP contribution in [-0.4, -0.2) is 16.6 Å². The minimum Gasteiger partial charge on any atom is -0.363 e. The van der Waals surface area contributed by atoms with E-state index < -0.39 is 0 Å². The van der Waals surface area contributed by atoms with Crippen LogP contribution in [0.25, 0.3) is 0 Å². The number of pyridine rings is 1. The monoisotopic (exact) mass is 223 g/mol. The van der Waals surface area contributed by atoms with Crippen molar-refractivity contribution in [3.8, 4) is 0 Å². The van der Waals surface area contributed by atoms with Crippen LogP contribution in [0, 0.1) is 0 Å². The third kappa shape index (κ3) is 3.83. The lowest BCUT2D eigenvalue weighted by atomic mass is 10.1. The molecule has 1 aromatic heterocycles. The number of rotatable bonds is 3. The fourth-order valence-electron chi connectivity index (χ4n) is 1.14. The highest BCUT2D eigenvalue weighted by molar-refractivity contribution is 7.80. The Kier molecular flexibility index (Phi) is 4.49. The summed E-state index contributed by atoms with van der Waals surface area (Å²) >= 11 is 5.06.